The minimum Gasteiger partial charge on any atom is -0.258 e. The van der Waals surface area contributed by atoms with Gasteiger partial charge in [-0.1, -0.05) is 0 Å². The smallest absolute Gasteiger partial charge is 0.258 e. The summed E-state index contributed by atoms with van der Waals surface area (Å²) in [6, 6.07) is 2.56. The van der Waals surface area contributed by atoms with E-state index in [1.165, 1.54) is 6.92 Å². The van der Waals surface area contributed by atoms with Gasteiger partial charge in [-0.2, -0.15) is 35.4 Å². The number of benzene rings is 1. The number of halogens is 7. The Kier molecular flexibility index (Phi) is 4.17. The molecule has 0 atom stereocenters. The van der Waals surface area contributed by atoms with Crippen LogP contribution in [-0.4, -0.2) is 37.2 Å². The Morgan fingerprint density at radius 3 is 2.20 bits per heavy atom. The van der Waals surface area contributed by atoms with Crippen LogP contribution >= 0.6 is 0 Å². The molecule has 2 aromatic rings. The van der Waals surface area contributed by atoms with Crippen molar-refractivity contribution < 1.29 is 35.7 Å². The van der Waals surface area contributed by atoms with Crippen LogP contribution in [0.3, 0.4) is 0 Å². The van der Waals surface area contributed by atoms with Gasteiger partial charge in [0.25, 0.3) is 5.69 Å². The molecule has 1 aromatic heterocycles. The van der Waals surface area contributed by atoms with Crippen LogP contribution in [0.2, 0.25) is 0 Å². The predicted octanol–water partition coefficient (Wildman–Crippen LogP) is 3.17. The molecule has 0 amide bonds. The monoisotopic (exact) mass is 373 g/mol. The lowest BCUT2D eigenvalue weighted by atomic mass is 10.1. The van der Waals surface area contributed by atoms with Crippen molar-refractivity contribution in [1.82, 2.24) is 20.2 Å². The molecule has 0 N–H and O–H groups in total. The normalized spacial score (nSPS) is 13.1. The Morgan fingerprint density at radius 2 is 1.72 bits per heavy atom. The first-order valence-corrected chi connectivity index (χ1v) is 6.17. The minimum absolute atomic E-state index is 0.0453. The van der Waals surface area contributed by atoms with Crippen LogP contribution in [0.5, 0.6) is 0 Å². The third-order valence-corrected chi connectivity index (χ3v) is 3.12. The van der Waals surface area contributed by atoms with Gasteiger partial charge < -0.3 is 0 Å². The highest BCUT2D eigenvalue weighted by atomic mass is 19.4. The number of hydrogen-bond acceptors (Lipinski definition) is 5. The lowest BCUT2D eigenvalue weighted by molar-refractivity contribution is -0.385. The van der Waals surface area contributed by atoms with Crippen LogP contribution in [0, 0.1) is 17.0 Å². The van der Waals surface area contributed by atoms with Crippen molar-refractivity contribution >= 4 is 5.69 Å². The molecule has 0 aliphatic carbocycles. The molecule has 0 fully saturated rings. The summed E-state index contributed by atoms with van der Waals surface area (Å²) in [5.74, 6) is -14.3. The number of tetrazole rings is 1. The molecular formula is C11H6F7N5O2. The number of nitrogens with zero attached hydrogens (tertiary/aromatic N) is 5. The number of nitro benzene ring substituents is 1. The predicted molar refractivity (Wildman–Crippen MR) is 65.4 cm³/mol. The minimum atomic E-state index is -6.56. The first-order valence-electron chi connectivity index (χ1n) is 6.17. The molecule has 0 spiro atoms. The fourth-order valence-corrected chi connectivity index (χ4v) is 1.85. The molecule has 0 saturated heterocycles. The van der Waals surface area contributed by atoms with Crippen LogP contribution in [0.15, 0.2) is 18.2 Å². The van der Waals surface area contributed by atoms with Crippen LogP contribution < -0.4 is 0 Å². The first-order chi connectivity index (χ1) is 11.3. The van der Waals surface area contributed by atoms with Gasteiger partial charge in [-0.05, 0) is 29.5 Å². The zero-order valence-corrected chi connectivity index (χ0v) is 11.9. The highest BCUT2D eigenvalue weighted by molar-refractivity contribution is 5.47. The van der Waals surface area contributed by atoms with E-state index in [4.69, 9.17) is 0 Å². The maximum atomic E-state index is 13.8. The summed E-state index contributed by atoms with van der Waals surface area (Å²) in [6.07, 6.45) is -6.56. The second kappa shape index (κ2) is 5.63. The lowest BCUT2D eigenvalue weighted by Crippen LogP contribution is -2.51. The van der Waals surface area contributed by atoms with Gasteiger partial charge in [0.1, 0.15) is 0 Å². The summed E-state index contributed by atoms with van der Waals surface area (Å²) < 4.78 is 90.6. The highest BCUT2D eigenvalue weighted by Gasteiger charge is 2.75. The number of alkyl halides is 7. The largest absolute Gasteiger partial charge is 0.460 e. The van der Waals surface area contributed by atoms with E-state index in [2.05, 4.69) is 15.5 Å². The van der Waals surface area contributed by atoms with Gasteiger partial charge in [0, 0.05) is 11.6 Å². The Hall–Kier alpha value is -2.80. The molecule has 25 heavy (non-hydrogen) atoms. The zero-order chi connectivity index (χ0) is 19.2. The van der Waals surface area contributed by atoms with Crippen molar-refractivity contribution in [3.05, 3.63) is 39.7 Å². The van der Waals surface area contributed by atoms with E-state index >= 15 is 0 Å². The molecule has 14 heteroatoms. The molecule has 0 aliphatic rings. The van der Waals surface area contributed by atoms with Crippen LogP contribution in [0.4, 0.5) is 36.4 Å². The zero-order valence-electron chi connectivity index (χ0n) is 11.9. The van der Waals surface area contributed by atoms with Gasteiger partial charge in [0.05, 0.1) is 10.6 Å². The quantitative estimate of drug-likeness (QED) is 0.467. The van der Waals surface area contributed by atoms with Crippen molar-refractivity contribution in [2.75, 3.05) is 0 Å². The molecular weight excluding hydrogens is 367 g/mol. The number of hydrogen-bond donors (Lipinski definition) is 0. The molecule has 1 heterocycles. The second-order valence-corrected chi connectivity index (χ2v) is 4.79. The van der Waals surface area contributed by atoms with Gasteiger partial charge in [-0.15, -0.1) is 5.10 Å². The molecule has 2 rings (SSSR count). The number of aromatic nitrogens is 4. The van der Waals surface area contributed by atoms with E-state index in [-0.39, 0.29) is 10.2 Å². The SMILES string of the molecule is Cc1cc(-n2nnnc2C(F)(F)C(F)(F)C(F)(F)F)ccc1[N+](=O)[O-]. The van der Waals surface area contributed by atoms with E-state index in [0.29, 0.717) is 0 Å². The van der Waals surface area contributed by atoms with Crippen molar-refractivity contribution in [1.29, 1.82) is 0 Å². The number of nitro groups is 1. The van der Waals surface area contributed by atoms with E-state index in [9.17, 15) is 40.8 Å². The Morgan fingerprint density at radius 1 is 1.12 bits per heavy atom. The van der Waals surface area contributed by atoms with Gasteiger partial charge in [0.15, 0.2) is 0 Å². The third kappa shape index (κ3) is 2.87. The summed E-state index contributed by atoms with van der Waals surface area (Å²) in [5, 5.41) is 18.9. The van der Waals surface area contributed by atoms with E-state index in [1.54, 1.807) is 0 Å². The van der Waals surface area contributed by atoms with Gasteiger partial charge in [0.2, 0.25) is 5.82 Å². The average molecular weight is 373 g/mol. The maximum absolute atomic E-state index is 13.8. The standard InChI is InChI=1S/C11H6F7N5O2/c1-5-4-6(2-3-7(5)23(24)25)22-8(19-20-21-22)9(12,13)10(14,15)11(16,17)18/h2-4H,1H3. The van der Waals surface area contributed by atoms with Crippen molar-refractivity contribution in [3.63, 3.8) is 0 Å². The van der Waals surface area contributed by atoms with Crippen LogP contribution in [0.1, 0.15) is 11.4 Å². The topological polar surface area (TPSA) is 86.7 Å². The fourth-order valence-electron chi connectivity index (χ4n) is 1.85. The fraction of sp³-hybridized carbons (Fsp3) is 0.364. The summed E-state index contributed by atoms with van der Waals surface area (Å²) in [5.41, 5.74) is -0.957. The molecule has 0 saturated carbocycles. The molecule has 0 bridgehead atoms. The molecule has 7 nitrogen and oxygen atoms in total. The van der Waals surface area contributed by atoms with Crippen molar-refractivity contribution in [2.24, 2.45) is 0 Å². The van der Waals surface area contributed by atoms with Gasteiger partial charge >= 0.3 is 18.0 Å². The average Bonchev–Trinajstić information content (AvgIpc) is 2.95. The second-order valence-electron chi connectivity index (χ2n) is 4.79. The Labute approximate surface area is 133 Å². The lowest BCUT2D eigenvalue weighted by Gasteiger charge is -2.27. The van der Waals surface area contributed by atoms with E-state index in [1.807, 2.05) is 0 Å². The summed E-state index contributed by atoms with van der Waals surface area (Å²) >= 11 is 0. The number of rotatable bonds is 4. The first kappa shape index (κ1) is 18.5. The third-order valence-electron chi connectivity index (χ3n) is 3.12. The van der Waals surface area contributed by atoms with Crippen molar-refractivity contribution in [2.45, 2.75) is 24.9 Å². The van der Waals surface area contributed by atoms with Gasteiger partial charge in [-0.3, -0.25) is 10.1 Å². The van der Waals surface area contributed by atoms with E-state index in [0.717, 1.165) is 18.2 Å². The summed E-state index contributed by atoms with van der Waals surface area (Å²) in [7, 11) is 0. The molecule has 0 radical (unpaired) electrons. The molecule has 0 aliphatic heterocycles. The van der Waals surface area contributed by atoms with Crippen LogP contribution in [-0.2, 0) is 5.92 Å². The highest BCUT2D eigenvalue weighted by Crippen LogP contribution is 2.51. The Bertz CT molecular complexity index is 817. The Balaban J connectivity index is 2.58. The summed E-state index contributed by atoms with van der Waals surface area (Å²) in [4.78, 5) is 9.90. The number of aryl methyl sites for hydroxylation is 1. The van der Waals surface area contributed by atoms with E-state index < -0.39 is 40.1 Å². The molecule has 136 valence electrons. The van der Waals surface area contributed by atoms with Crippen LogP contribution in [0.25, 0.3) is 5.69 Å². The molecule has 0 unspecified atom stereocenters. The van der Waals surface area contributed by atoms with Gasteiger partial charge in [-0.25, -0.2) is 0 Å². The maximum Gasteiger partial charge on any atom is 0.460 e. The molecule has 1 aromatic carbocycles. The summed E-state index contributed by atoms with van der Waals surface area (Å²) in [6.45, 7) is 1.20. The van der Waals surface area contributed by atoms with Crippen molar-refractivity contribution in [3.8, 4) is 5.69 Å².